The first-order valence-electron chi connectivity index (χ1n) is 9.50. The summed E-state index contributed by atoms with van der Waals surface area (Å²) in [7, 11) is 0. The molecule has 0 saturated carbocycles. The van der Waals surface area contributed by atoms with Gasteiger partial charge in [-0.05, 0) is 24.3 Å². The Bertz CT molecular complexity index is 806. The molecular weight excluding hydrogens is 358 g/mol. The maximum Gasteiger partial charge on any atom is 0.193 e. The van der Waals surface area contributed by atoms with Crippen LogP contribution >= 0.6 is 0 Å². The molecule has 2 fully saturated rings. The quantitative estimate of drug-likeness (QED) is 0.609. The van der Waals surface area contributed by atoms with E-state index in [1.54, 1.807) is 0 Å². The van der Waals surface area contributed by atoms with Crippen LogP contribution in [0.2, 0.25) is 0 Å². The molecule has 2 aromatic carbocycles. The van der Waals surface area contributed by atoms with Crippen molar-refractivity contribution >= 4 is 11.6 Å². The average molecular weight is 383 g/mol. The van der Waals surface area contributed by atoms with Gasteiger partial charge in [-0.15, -0.1) is 0 Å². The standard InChI is InChI=1S/C21H25N3O4/c22-20(23-14-19-15-26-21(28-19)9-11-25-12-10-21)24-16-5-4-8-18(13-16)27-17-6-2-1-3-7-17/h1-8,13,19H,9-12,14-15H2,(H3,22,23,24). The molecule has 2 saturated heterocycles. The van der Waals surface area contributed by atoms with Gasteiger partial charge in [-0.3, -0.25) is 4.99 Å². The number of guanidine groups is 1. The van der Waals surface area contributed by atoms with Gasteiger partial charge in [0.2, 0.25) is 0 Å². The number of nitrogens with one attached hydrogen (secondary N) is 1. The summed E-state index contributed by atoms with van der Waals surface area (Å²) >= 11 is 0. The normalized spacial score (nSPS) is 21.6. The van der Waals surface area contributed by atoms with Crippen LogP contribution in [-0.4, -0.2) is 44.2 Å². The highest BCUT2D eigenvalue weighted by atomic mass is 16.7. The first-order chi connectivity index (χ1) is 13.7. The van der Waals surface area contributed by atoms with Gasteiger partial charge in [0.25, 0.3) is 0 Å². The lowest BCUT2D eigenvalue weighted by Crippen LogP contribution is -2.38. The van der Waals surface area contributed by atoms with E-state index in [1.165, 1.54) is 0 Å². The van der Waals surface area contributed by atoms with Crippen LogP contribution in [0.15, 0.2) is 59.6 Å². The Balaban J connectivity index is 1.31. The molecule has 0 amide bonds. The molecule has 2 heterocycles. The molecule has 7 nitrogen and oxygen atoms in total. The van der Waals surface area contributed by atoms with E-state index in [2.05, 4.69) is 10.3 Å². The van der Waals surface area contributed by atoms with Crippen LogP contribution in [0, 0.1) is 0 Å². The number of nitrogens with two attached hydrogens (primary N) is 1. The van der Waals surface area contributed by atoms with Gasteiger partial charge in [0.05, 0.1) is 26.4 Å². The average Bonchev–Trinajstić information content (AvgIpc) is 3.10. The highest BCUT2D eigenvalue weighted by molar-refractivity contribution is 5.92. The molecule has 1 unspecified atom stereocenters. The molecule has 0 aromatic heterocycles. The molecule has 2 aliphatic heterocycles. The van der Waals surface area contributed by atoms with E-state index < -0.39 is 5.79 Å². The number of nitrogens with zero attached hydrogens (tertiary/aromatic N) is 1. The van der Waals surface area contributed by atoms with Crippen LogP contribution in [-0.2, 0) is 14.2 Å². The molecule has 7 heteroatoms. The van der Waals surface area contributed by atoms with E-state index in [0.29, 0.717) is 32.3 Å². The predicted octanol–water partition coefficient (Wildman–Crippen LogP) is 3.13. The summed E-state index contributed by atoms with van der Waals surface area (Å²) < 4.78 is 23.1. The fraction of sp³-hybridized carbons (Fsp3) is 0.381. The maximum absolute atomic E-state index is 6.06. The van der Waals surface area contributed by atoms with Crippen molar-refractivity contribution in [1.29, 1.82) is 0 Å². The highest BCUT2D eigenvalue weighted by Gasteiger charge is 2.42. The van der Waals surface area contributed by atoms with Crippen LogP contribution < -0.4 is 15.8 Å². The molecular formula is C21H25N3O4. The number of hydrogen-bond acceptors (Lipinski definition) is 5. The minimum atomic E-state index is -0.496. The Kier molecular flexibility index (Phi) is 5.76. The Hall–Kier alpha value is -2.61. The molecule has 4 rings (SSSR count). The van der Waals surface area contributed by atoms with Crippen LogP contribution in [0.3, 0.4) is 0 Å². The lowest BCUT2D eigenvalue weighted by atomic mass is 10.1. The number of ether oxygens (including phenoxy) is 4. The number of rotatable bonds is 5. The number of aliphatic imine (C=N–C) groups is 1. The van der Waals surface area contributed by atoms with Crippen molar-refractivity contribution in [2.45, 2.75) is 24.7 Å². The second-order valence-corrected chi connectivity index (χ2v) is 6.87. The summed E-state index contributed by atoms with van der Waals surface area (Å²) in [5.74, 6) is 1.33. The Morgan fingerprint density at radius 3 is 2.71 bits per heavy atom. The lowest BCUT2D eigenvalue weighted by molar-refractivity contribution is -0.210. The predicted molar refractivity (Wildman–Crippen MR) is 107 cm³/mol. The van der Waals surface area contributed by atoms with Crippen LogP contribution in [0.25, 0.3) is 0 Å². The second-order valence-electron chi connectivity index (χ2n) is 6.87. The van der Waals surface area contributed by atoms with Crippen LogP contribution in [0.4, 0.5) is 5.69 Å². The third kappa shape index (κ3) is 4.81. The molecule has 1 spiro atoms. The van der Waals surface area contributed by atoms with Gasteiger partial charge in [0.15, 0.2) is 11.7 Å². The van der Waals surface area contributed by atoms with Crippen LogP contribution in [0.5, 0.6) is 11.5 Å². The summed E-state index contributed by atoms with van der Waals surface area (Å²) in [4.78, 5) is 4.40. The number of para-hydroxylation sites is 1. The lowest BCUT2D eigenvalue weighted by Gasteiger charge is -2.31. The summed E-state index contributed by atoms with van der Waals surface area (Å²) in [6.07, 6.45) is 1.43. The van der Waals surface area contributed by atoms with Gasteiger partial charge in [-0.1, -0.05) is 24.3 Å². The number of hydrogen-bond donors (Lipinski definition) is 2. The molecule has 0 bridgehead atoms. The maximum atomic E-state index is 6.06. The third-order valence-electron chi connectivity index (χ3n) is 4.72. The molecule has 2 aliphatic rings. The van der Waals surface area contributed by atoms with E-state index >= 15 is 0 Å². The van der Waals surface area contributed by atoms with E-state index in [0.717, 1.165) is 30.0 Å². The van der Waals surface area contributed by atoms with Crippen molar-refractivity contribution in [3.8, 4) is 11.5 Å². The first-order valence-corrected chi connectivity index (χ1v) is 9.50. The van der Waals surface area contributed by atoms with Gasteiger partial charge >= 0.3 is 0 Å². The topological polar surface area (TPSA) is 87.3 Å². The van der Waals surface area contributed by atoms with Gasteiger partial charge in [0, 0.05) is 24.6 Å². The summed E-state index contributed by atoms with van der Waals surface area (Å²) in [5.41, 5.74) is 6.84. The van der Waals surface area contributed by atoms with Crippen molar-refractivity contribution in [3.05, 3.63) is 54.6 Å². The summed E-state index contributed by atoms with van der Waals surface area (Å²) in [6, 6.07) is 17.2. The van der Waals surface area contributed by atoms with E-state index in [4.69, 9.17) is 24.7 Å². The van der Waals surface area contributed by atoms with Gasteiger partial charge < -0.3 is 30.0 Å². The zero-order chi connectivity index (χ0) is 19.2. The van der Waals surface area contributed by atoms with E-state index in [9.17, 15) is 0 Å². The molecule has 148 valence electrons. The first kappa shape index (κ1) is 18.7. The van der Waals surface area contributed by atoms with E-state index in [1.807, 2.05) is 54.6 Å². The van der Waals surface area contributed by atoms with Crippen molar-refractivity contribution in [1.82, 2.24) is 0 Å². The van der Waals surface area contributed by atoms with Gasteiger partial charge in [-0.2, -0.15) is 0 Å². The van der Waals surface area contributed by atoms with Gasteiger partial charge in [0.1, 0.15) is 17.6 Å². The summed E-state index contributed by atoms with van der Waals surface area (Å²) in [5, 5.41) is 3.09. The fourth-order valence-electron chi connectivity index (χ4n) is 3.30. The van der Waals surface area contributed by atoms with Gasteiger partial charge in [-0.25, -0.2) is 0 Å². The Morgan fingerprint density at radius 2 is 1.89 bits per heavy atom. The third-order valence-corrected chi connectivity index (χ3v) is 4.72. The number of anilines is 1. The Morgan fingerprint density at radius 1 is 1.11 bits per heavy atom. The molecule has 2 aromatic rings. The molecule has 0 radical (unpaired) electrons. The molecule has 1 atom stereocenters. The van der Waals surface area contributed by atoms with Crippen LogP contribution in [0.1, 0.15) is 12.8 Å². The zero-order valence-electron chi connectivity index (χ0n) is 15.7. The second kappa shape index (κ2) is 8.60. The minimum Gasteiger partial charge on any atom is -0.457 e. The smallest absolute Gasteiger partial charge is 0.193 e. The molecule has 0 aliphatic carbocycles. The number of benzene rings is 2. The SMILES string of the molecule is NC(=NCC1COC2(CCOCC2)O1)Nc1cccc(Oc2ccccc2)c1. The fourth-order valence-corrected chi connectivity index (χ4v) is 3.30. The highest BCUT2D eigenvalue weighted by Crippen LogP contribution is 2.33. The largest absolute Gasteiger partial charge is 0.457 e. The van der Waals surface area contributed by atoms with Crippen molar-refractivity contribution in [2.75, 3.05) is 31.7 Å². The zero-order valence-corrected chi connectivity index (χ0v) is 15.7. The summed E-state index contributed by atoms with van der Waals surface area (Å²) in [6.45, 7) is 2.31. The Labute approximate surface area is 164 Å². The monoisotopic (exact) mass is 383 g/mol. The van der Waals surface area contributed by atoms with E-state index in [-0.39, 0.29) is 6.10 Å². The molecule has 28 heavy (non-hydrogen) atoms. The van der Waals surface area contributed by atoms with Crippen molar-refractivity contribution < 1.29 is 18.9 Å². The van der Waals surface area contributed by atoms with Crippen molar-refractivity contribution in [2.24, 2.45) is 10.7 Å². The van der Waals surface area contributed by atoms with Crippen molar-refractivity contribution in [3.63, 3.8) is 0 Å². The minimum absolute atomic E-state index is 0.0915. The molecule has 3 N–H and O–H groups in total.